The molecule has 1 aromatic heterocycles. The summed E-state index contributed by atoms with van der Waals surface area (Å²) in [5.41, 5.74) is 1.03. The summed E-state index contributed by atoms with van der Waals surface area (Å²) in [7, 11) is 0. The van der Waals surface area contributed by atoms with Gasteiger partial charge in [-0.2, -0.15) is 0 Å². The molecule has 0 saturated heterocycles. The van der Waals surface area contributed by atoms with Crippen LogP contribution >= 0.6 is 15.9 Å². The van der Waals surface area contributed by atoms with E-state index in [1.807, 2.05) is 42.5 Å². The lowest BCUT2D eigenvalue weighted by atomic mass is 10.1. The predicted molar refractivity (Wildman–Crippen MR) is 71.8 cm³/mol. The Morgan fingerprint density at radius 1 is 1.18 bits per heavy atom. The van der Waals surface area contributed by atoms with Crippen LogP contribution in [0.5, 0.6) is 0 Å². The Kier molecular flexibility index (Phi) is 4.12. The van der Waals surface area contributed by atoms with Crippen molar-refractivity contribution in [1.82, 2.24) is 4.98 Å². The molecule has 17 heavy (non-hydrogen) atoms. The lowest BCUT2D eigenvalue weighted by molar-refractivity contribution is 0.276. The fraction of sp³-hybridized carbons (Fsp3) is 0.154. The largest absolute Gasteiger partial charge is 0.394 e. The first-order chi connectivity index (χ1) is 8.31. The third-order valence-electron chi connectivity index (χ3n) is 2.45. The fourth-order valence-corrected chi connectivity index (χ4v) is 1.95. The third kappa shape index (κ3) is 3.05. The van der Waals surface area contributed by atoms with Gasteiger partial charge in [0, 0.05) is 6.20 Å². The molecule has 0 fully saturated rings. The molecule has 0 bridgehead atoms. The Labute approximate surface area is 109 Å². The maximum Gasteiger partial charge on any atom is 0.140 e. The summed E-state index contributed by atoms with van der Waals surface area (Å²) >= 11 is 3.42. The van der Waals surface area contributed by atoms with Gasteiger partial charge in [-0.1, -0.05) is 30.3 Å². The summed E-state index contributed by atoms with van der Waals surface area (Å²) in [5, 5.41) is 12.6. The van der Waals surface area contributed by atoms with E-state index in [0.29, 0.717) is 0 Å². The fourth-order valence-electron chi connectivity index (χ4n) is 1.58. The number of aromatic nitrogens is 1. The van der Waals surface area contributed by atoms with Crippen molar-refractivity contribution in [2.75, 3.05) is 11.9 Å². The van der Waals surface area contributed by atoms with Crippen molar-refractivity contribution < 1.29 is 5.11 Å². The molecule has 0 spiro atoms. The van der Waals surface area contributed by atoms with Crippen LogP contribution in [0.2, 0.25) is 0 Å². The molecule has 0 aliphatic heterocycles. The van der Waals surface area contributed by atoms with E-state index in [0.717, 1.165) is 15.9 Å². The predicted octanol–water partition coefficient (Wildman–Crippen LogP) is 2.99. The smallest absolute Gasteiger partial charge is 0.140 e. The summed E-state index contributed by atoms with van der Waals surface area (Å²) in [6.07, 6.45) is 1.71. The van der Waals surface area contributed by atoms with Gasteiger partial charge in [0.15, 0.2) is 0 Å². The molecule has 1 heterocycles. The van der Waals surface area contributed by atoms with Crippen molar-refractivity contribution in [3.63, 3.8) is 0 Å². The topological polar surface area (TPSA) is 45.1 Å². The SMILES string of the molecule is OCC(Nc1ncccc1Br)c1ccccc1. The van der Waals surface area contributed by atoms with Crippen molar-refractivity contribution in [3.05, 3.63) is 58.7 Å². The zero-order chi connectivity index (χ0) is 12.1. The van der Waals surface area contributed by atoms with E-state index in [2.05, 4.69) is 26.2 Å². The van der Waals surface area contributed by atoms with Crippen molar-refractivity contribution in [3.8, 4) is 0 Å². The minimum Gasteiger partial charge on any atom is -0.394 e. The molecule has 0 aliphatic carbocycles. The van der Waals surface area contributed by atoms with Crippen LogP contribution in [-0.2, 0) is 0 Å². The summed E-state index contributed by atoms with van der Waals surface area (Å²) in [4.78, 5) is 4.22. The Balaban J connectivity index is 2.19. The molecule has 88 valence electrons. The van der Waals surface area contributed by atoms with Crippen molar-refractivity contribution in [2.24, 2.45) is 0 Å². The van der Waals surface area contributed by atoms with Crippen LogP contribution in [0.4, 0.5) is 5.82 Å². The van der Waals surface area contributed by atoms with Gasteiger partial charge in [-0.15, -0.1) is 0 Å². The second-order valence-corrected chi connectivity index (χ2v) is 4.48. The summed E-state index contributed by atoms with van der Waals surface area (Å²) in [6, 6.07) is 13.4. The summed E-state index contributed by atoms with van der Waals surface area (Å²) in [5.74, 6) is 0.732. The Morgan fingerprint density at radius 3 is 2.59 bits per heavy atom. The highest BCUT2D eigenvalue weighted by Crippen LogP contribution is 2.23. The van der Waals surface area contributed by atoms with Crippen LogP contribution in [0, 0.1) is 0 Å². The van der Waals surface area contributed by atoms with Crippen molar-refractivity contribution >= 4 is 21.7 Å². The summed E-state index contributed by atoms with van der Waals surface area (Å²) in [6.45, 7) is 0.0209. The monoisotopic (exact) mass is 292 g/mol. The number of nitrogens with zero attached hydrogens (tertiary/aromatic N) is 1. The van der Waals surface area contributed by atoms with Crippen LogP contribution < -0.4 is 5.32 Å². The molecule has 0 saturated carbocycles. The molecule has 2 aromatic rings. The van der Waals surface area contributed by atoms with E-state index in [1.54, 1.807) is 6.20 Å². The molecule has 1 atom stereocenters. The van der Waals surface area contributed by atoms with Gasteiger partial charge in [0.25, 0.3) is 0 Å². The van der Waals surface area contributed by atoms with Gasteiger partial charge >= 0.3 is 0 Å². The van der Waals surface area contributed by atoms with E-state index in [4.69, 9.17) is 0 Å². The molecule has 2 rings (SSSR count). The van der Waals surface area contributed by atoms with Crippen LogP contribution in [-0.4, -0.2) is 16.7 Å². The van der Waals surface area contributed by atoms with E-state index in [1.165, 1.54) is 0 Å². The highest BCUT2D eigenvalue weighted by atomic mass is 79.9. The van der Waals surface area contributed by atoms with E-state index < -0.39 is 0 Å². The van der Waals surface area contributed by atoms with E-state index in [9.17, 15) is 5.11 Å². The second kappa shape index (κ2) is 5.80. The van der Waals surface area contributed by atoms with E-state index >= 15 is 0 Å². The quantitative estimate of drug-likeness (QED) is 0.911. The highest BCUT2D eigenvalue weighted by Gasteiger charge is 2.11. The number of halogens is 1. The highest BCUT2D eigenvalue weighted by molar-refractivity contribution is 9.10. The zero-order valence-electron chi connectivity index (χ0n) is 9.18. The molecule has 1 unspecified atom stereocenters. The maximum atomic E-state index is 9.43. The van der Waals surface area contributed by atoms with Gasteiger partial charge in [0.2, 0.25) is 0 Å². The average molecular weight is 293 g/mol. The van der Waals surface area contributed by atoms with Crippen molar-refractivity contribution in [1.29, 1.82) is 0 Å². The average Bonchev–Trinajstić information content (AvgIpc) is 2.39. The van der Waals surface area contributed by atoms with Crippen LogP contribution in [0.1, 0.15) is 11.6 Å². The molecule has 0 aliphatic rings. The number of nitrogens with one attached hydrogen (secondary N) is 1. The minimum absolute atomic E-state index is 0.0209. The molecule has 2 N–H and O–H groups in total. The number of hydrogen-bond donors (Lipinski definition) is 2. The standard InChI is InChI=1S/C13H13BrN2O/c14-11-7-4-8-15-13(11)16-12(9-17)10-5-2-1-3-6-10/h1-8,12,17H,9H2,(H,15,16). The van der Waals surface area contributed by atoms with Gasteiger partial charge < -0.3 is 10.4 Å². The third-order valence-corrected chi connectivity index (χ3v) is 3.09. The van der Waals surface area contributed by atoms with Gasteiger partial charge in [0.05, 0.1) is 17.1 Å². The number of rotatable bonds is 4. The first-order valence-corrected chi connectivity index (χ1v) is 6.13. The summed E-state index contributed by atoms with van der Waals surface area (Å²) < 4.78 is 0.884. The normalized spacial score (nSPS) is 12.1. The second-order valence-electron chi connectivity index (χ2n) is 3.62. The van der Waals surface area contributed by atoms with Crippen LogP contribution in [0.15, 0.2) is 53.1 Å². The molecule has 4 heteroatoms. The lowest BCUT2D eigenvalue weighted by Gasteiger charge is -2.17. The van der Waals surface area contributed by atoms with Gasteiger partial charge in [-0.05, 0) is 33.6 Å². The van der Waals surface area contributed by atoms with Crippen LogP contribution in [0.25, 0.3) is 0 Å². The number of anilines is 1. The number of aliphatic hydroxyl groups is 1. The lowest BCUT2D eigenvalue weighted by Crippen LogP contribution is -2.15. The minimum atomic E-state index is -0.151. The van der Waals surface area contributed by atoms with Gasteiger partial charge in [0.1, 0.15) is 5.82 Å². The molecular weight excluding hydrogens is 280 g/mol. The number of pyridine rings is 1. The number of benzene rings is 1. The van der Waals surface area contributed by atoms with Crippen molar-refractivity contribution in [2.45, 2.75) is 6.04 Å². The molecule has 0 amide bonds. The van der Waals surface area contributed by atoms with Crippen LogP contribution in [0.3, 0.4) is 0 Å². The Hall–Kier alpha value is -1.39. The zero-order valence-corrected chi connectivity index (χ0v) is 10.8. The molecule has 3 nitrogen and oxygen atoms in total. The number of aliphatic hydroxyl groups excluding tert-OH is 1. The Morgan fingerprint density at radius 2 is 1.94 bits per heavy atom. The Bertz CT molecular complexity index is 476. The molecule has 0 radical (unpaired) electrons. The van der Waals surface area contributed by atoms with E-state index in [-0.39, 0.29) is 12.6 Å². The first kappa shape index (κ1) is 12.1. The maximum absolute atomic E-state index is 9.43. The van der Waals surface area contributed by atoms with Gasteiger partial charge in [-0.3, -0.25) is 0 Å². The number of hydrogen-bond acceptors (Lipinski definition) is 3. The first-order valence-electron chi connectivity index (χ1n) is 5.34. The molecule has 1 aromatic carbocycles. The van der Waals surface area contributed by atoms with Gasteiger partial charge in [-0.25, -0.2) is 4.98 Å². The molecular formula is C13H13BrN2O.